The fourth-order valence-electron chi connectivity index (χ4n) is 2.63. The van der Waals surface area contributed by atoms with Crippen LogP contribution in [0.3, 0.4) is 0 Å². The minimum Gasteiger partial charge on any atom is -0.508 e. The van der Waals surface area contributed by atoms with E-state index >= 15 is 0 Å². The average molecular weight is 296 g/mol. The first-order chi connectivity index (χ1) is 10.5. The number of hydrogen-bond acceptors (Lipinski definition) is 4. The van der Waals surface area contributed by atoms with Crippen molar-refractivity contribution in [2.24, 2.45) is 0 Å². The summed E-state index contributed by atoms with van der Waals surface area (Å²) in [6, 6.07) is 12.0. The first kappa shape index (κ1) is 14.1. The van der Waals surface area contributed by atoms with Gasteiger partial charge in [-0.2, -0.15) is 0 Å². The zero-order chi connectivity index (χ0) is 15.9. The minimum absolute atomic E-state index is 0.135. The highest BCUT2D eigenvalue weighted by atomic mass is 16.3. The molecular weight excluding hydrogens is 280 g/mol. The number of phenols is 1. The molecule has 0 saturated heterocycles. The zero-order valence-electron chi connectivity index (χ0n) is 12.3. The van der Waals surface area contributed by atoms with E-state index in [0.717, 1.165) is 16.2 Å². The molecule has 3 rings (SSSR count). The fraction of sp³-hybridized carbons (Fsp3) is 0.176. The third kappa shape index (κ3) is 2.20. The molecule has 22 heavy (non-hydrogen) atoms. The molecule has 0 bridgehead atoms. The molecule has 0 spiro atoms. The summed E-state index contributed by atoms with van der Waals surface area (Å²) in [4.78, 5) is 25.0. The van der Waals surface area contributed by atoms with Crippen molar-refractivity contribution in [2.45, 2.75) is 13.0 Å². The van der Waals surface area contributed by atoms with Gasteiger partial charge in [-0.05, 0) is 31.2 Å². The van der Waals surface area contributed by atoms with Gasteiger partial charge in [0.25, 0.3) is 11.8 Å². The van der Waals surface area contributed by atoms with Gasteiger partial charge in [0, 0.05) is 18.3 Å². The maximum absolute atomic E-state index is 12.0. The second-order valence-corrected chi connectivity index (χ2v) is 5.35. The molecule has 0 aliphatic carbocycles. The topological polar surface area (TPSA) is 69.6 Å². The molecular formula is C17H16N2O3. The molecule has 0 aromatic heterocycles. The Balaban J connectivity index is 1.88. The Bertz CT molecular complexity index is 770. The van der Waals surface area contributed by atoms with Gasteiger partial charge in [-0.3, -0.25) is 14.5 Å². The summed E-state index contributed by atoms with van der Waals surface area (Å²) in [5.74, 6) is -0.353. The van der Waals surface area contributed by atoms with Gasteiger partial charge in [0.2, 0.25) is 0 Å². The highest BCUT2D eigenvalue weighted by Gasteiger charge is 2.32. The lowest BCUT2D eigenvalue weighted by molar-refractivity contribution is 0.0693. The van der Waals surface area contributed by atoms with Gasteiger partial charge >= 0.3 is 0 Å². The van der Waals surface area contributed by atoms with Crippen molar-refractivity contribution in [3.8, 4) is 5.75 Å². The SMILES string of the molecule is CC(Nc1ccc2c(c1)C(=O)N(C)C2=O)c1ccccc1O. The third-order valence-corrected chi connectivity index (χ3v) is 3.88. The number of carbonyl (C=O) groups excluding carboxylic acids is 2. The molecule has 1 heterocycles. The van der Waals surface area contributed by atoms with Crippen LogP contribution in [0, 0.1) is 0 Å². The van der Waals surface area contributed by atoms with Crippen LogP contribution in [-0.2, 0) is 0 Å². The molecule has 0 fully saturated rings. The molecule has 1 atom stereocenters. The van der Waals surface area contributed by atoms with Crippen LogP contribution in [0.4, 0.5) is 5.69 Å². The molecule has 5 nitrogen and oxygen atoms in total. The van der Waals surface area contributed by atoms with Gasteiger partial charge in [0.15, 0.2) is 0 Å². The molecule has 0 saturated carbocycles. The number of aromatic hydroxyl groups is 1. The maximum Gasteiger partial charge on any atom is 0.261 e. The zero-order valence-corrected chi connectivity index (χ0v) is 12.3. The molecule has 0 radical (unpaired) electrons. The summed E-state index contributed by atoms with van der Waals surface area (Å²) in [7, 11) is 1.47. The number of para-hydroxylation sites is 1. The van der Waals surface area contributed by atoms with Gasteiger partial charge in [0.05, 0.1) is 17.2 Å². The van der Waals surface area contributed by atoms with E-state index in [-0.39, 0.29) is 23.6 Å². The number of nitrogens with one attached hydrogen (secondary N) is 1. The average Bonchev–Trinajstić information content (AvgIpc) is 2.72. The van der Waals surface area contributed by atoms with Crippen molar-refractivity contribution in [1.29, 1.82) is 0 Å². The van der Waals surface area contributed by atoms with E-state index in [9.17, 15) is 14.7 Å². The van der Waals surface area contributed by atoms with E-state index in [4.69, 9.17) is 0 Å². The van der Waals surface area contributed by atoms with E-state index < -0.39 is 0 Å². The number of phenolic OH excluding ortho intramolecular Hbond substituents is 1. The summed E-state index contributed by atoms with van der Waals surface area (Å²) < 4.78 is 0. The molecule has 2 aromatic carbocycles. The monoisotopic (exact) mass is 296 g/mol. The van der Waals surface area contributed by atoms with Crippen molar-refractivity contribution in [1.82, 2.24) is 4.90 Å². The van der Waals surface area contributed by atoms with Crippen LogP contribution in [0.15, 0.2) is 42.5 Å². The molecule has 1 aliphatic rings. The highest BCUT2D eigenvalue weighted by molar-refractivity contribution is 6.21. The standard InChI is InChI=1S/C17H16N2O3/c1-10(12-5-3-4-6-15(12)20)18-11-7-8-13-14(9-11)17(22)19(2)16(13)21/h3-10,18,20H,1-2H3. The van der Waals surface area contributed by atoms with Crippen LogP contribution in [-0.4, -0.2) is 28.9 Å². The lowest BCUT2D eigenvalue weighted by Gasteiger charge is -2.17. The van der Waals surface area contributed by atoms with Crippen LogP contribution in [0.1, 0.15) is 39.2 Å². The number of carbonyl (C=O) groups is 2. The first-order valence-electron chi connectivity index (χ1n) is 7.00. The van der Waals surface area contributed by atoms with E-state index in [2.05, 4.69) is 5.32 Å². The van der Waals surface area contributed by atoms with E-state index in [1.807, 2.05) is 19.1 Å². The largest absolute Gasteiger partial charge is 0.508 e. The fourth-order valence-corrected chi connectivity index (χ4v) is 2.63. The number of hydrogen-bond donors (Lipinski definition) is 2. The number of fused-ring (bicyclic) bond motifs is 1. The van der Waals surface area contributed by atoms with Crippen LogP contribution in [0.2, 0.25) is 0 Å². The third-order valence-electron chi connectivity index (χ3n) is 3.88. The number of amides is 2. The molecule has 5 heteroatoms. The number of benzene rings is 2. The van der Waals surface area contributed by atoms with Gasteiger partial charge < -0.3 is 10.4 Å². The Morgan fingerprint density at radius 1 is 1.05 bits per heavy atom. The van der Waals surface area contributed by atoms with Crippen molar-refractivity contribution < 1.29 is 14.7 Å². The molecule has 1 unspecified atom stereocenters. The summed E-state index contributed by atoms with van der Waals surface area (Å²) in [5.41, 5.74) is 2.32. The Hall–Kier alpha value is -2.82. The van der Waals surface area contributed by atoms with Gasteiger partial charge in [-0.15, -0.1) is 0 Å². The Labute approximate surface area is 128 Å². The van der Waals surface area contributed by atoms with E-state index in [1.54, 1.807) is 30.3 Å². The second-order valence-electron chi connectivity index (χ2n) is 5.35. The summed E-state index contributed by atoms with van der Waals surface area (Å²) in [6.07, 6.45) is 0. The van der Waals surface area contributed by atoms with Crippen molar-refractivity contribution in [2.75, 3.05) is 12.4 Å². The summed E-state index contributed by atoms with van der Waals surface area (Å²) in [6.45, 7) is 1.92. The van der Waals surface area contributed by atoms with Crippen molar-refractivity contribution in [3.05, 3.63) is 59.2 Å². The number of imide groups is 1. The van der Waals surface area contributed by atoms with Crippen LogP contribution >= 0.6 is 0 Å². The van der Waals surface area contributed by atoms with Gasteiger partial charge in [-0.1, -0.05) is 18.2 Å². The Morgan fingerprint density at radius 3 is 2.45 bits per heavy atom. The summed E-state index contributed by atoms with van der Waals surface area (Å²) in [5, 5.41) is 13.1. The maximum atomic E-state index is 12.0. The minimum atomic E-state index is -0.293. The van der Waals surface area contributed by atoms with Crippen molar-refractivity contribution in [3.63, 3.8) is 0 Å². The number of anilines is 1. The predicted molar refractivity (Wildman–Crippen MR) is 83.0 cm³/mol. The van der Waals surface area contributed by atoms with Gasteiger partial charge in [0.1, 0.15) is 5.75 Å². The predicted octanol–water partition coefficient (Wildman–Crippen LogP) is 2.79. The quantitative estimate of drug-likeness (QED) is 0.855. The molecule has 112 valence electrons. The number of nitrogens with zero attached hydrogens (tertiary/aromatic N) is 1. The Kier molecular flexibility index (Phi) is 3.33. The van der Waals surface area contributed by atoms with Crippen LogP contribution in [0.5, 0.6) is 5.75 Å². The molecule has 2 aromatic rings. The smallest absolute Gasteiger partial charge is 0.261 e. The van der Waals surface area contributed by atoms with Crippen LogP contribution in [0.25, 0.3) is 0 Å². The van der Waals surface area contributed by atoms with E-state index in [0.29, 0.717) is 11.1 Å². The molecule has 1 aliphatic heterocycles. The lowest BCUT2D eigenvalue weighted by Crippen LogP contribution is -2.24. The van der Waals surface area contributed by atoms with Crippen molar-refractivity contribution >= 4 is 17.5 Å². The second kappa shape index (κ2) is 5.18. The molecule has 2 N–H and O–H groups in total. The van der Waals surface area contributed by atoms with E-state index in [1.165, 1.54) is 7.05 Å². The van der Waals surface area contributed by atoms with Crippen LogP contribution < -0.4 is 5.32 Å². The normalized spacial score (nSPS) is 14.9. The Morgan fingerprint density at radius 2 is 1.73 bits per heavy atom. The molecule has 2 amide bonds. The van der Waals surface area contributed by atoms with Gasteiger partial charge in [-0.25, -0.2) is 0 Å². The lowest BCUT2D eigenvalue weighted by atomic mass is 10.1. The highest BCUT2D eigenvalue weighted by Crippen LogP contribution is 2.29. The summed E-state index contributed by atoms with van der Waals surface area (Å²) >= 11 is 0. The number of rotatable bonds is 3. The first-order valence-corrected chi connectivity index (χ1v) is 7.00.